The Morgan fingerprint density at radius 1 is 0.882 bits per heavy atom. The van der Waals surface area contributed by atoms with E-state index >= 15 is 0 Å². The first-order chi connectivity index (χ1) is 7.83. The Kier molecular flexibility index (Phi) is 8.06. The van der Waals surface area contributed by atoms with E-state index in [2.05, 4.69) is 52.2 Å². The van der Waals surface area contributed by atoms with Crippen LogP contribution in [-0.2, 0) is 0 Å². The number of rotatable bonds is 10. The van der Waals surface area contributed by atoms with Gasteiger partial charge >= 0.3 is 0 Å². The predicted molar refractivity (Wildman–Crippen MR) is 78.5 cm³/mol. The van der Waals surface area contributed by atoms with Crippen molar-refractivity contribution in [1.29, 1.82) is 0 Å². The average Bonchev–Trinajstić information content (AvgIpc) is 2.16. The third kappa shape index (κ3) is 9.61. The minimum absolute atomic E-state index is 0.203. The van der Waals surface area contributed by atoms with Crippen molar-refractivity contribution >= 4 is 0 Å². The molecule has 0 atom stereocenters. The molecule has 17 heavy (non-hydrogen) atoms. The molecule has 2 heteroatoms. The highest BCUT2D eigenvalue weighted by Crippen LogP contribution is 2.22. The largest absolute Gasteiger partial charge is 0.314 e. The zero-order valence-electron chi connectivity index (χ0n) is 12.9. The van der Waals surface area contributed by atoms with Crippen LogP contribution in [0.15, 0.2) is 0 Å². The molecule has 0 spiro atoms. The lowest BCUT2D eigenvalue weighted by molar-refractivity contribution is 0.280. The van der Waals surface area contributed by atoms with Crippen molar-refractivity contribution in [3.8, 4) is 0 Å². The van der Waals surface area contributed by atoms with Gasteiger partial charge in [-0.05, 0) is 32.2 Å². The number of hydrogen-bond acceptors (Lipinski definition) is 2. The third-order valence-electron chi connectivity index (χ3n) is 3.28. The average molecular weight is 242 g/mol. The van der Waals surface area contributed by atoms with Crippen LogP contribution < -0.4 is 10.6 Å². The highest BCUT2D eigenvalue weighted by Gasteiger charge is 2.20. The molecule has 0 heterocycles. The van der Waals surface area contributed by atoms with Crippen LogP contribution in [0.1, 0.15) is 67.2 Å². The molecule has 0 aliphatic carbocycles. The number of hydrogen-bond donors (Lipinski definition) is 2. The second-order valence-electron chi connectivity index (χ2n) is 6.64. The molecule has 0 unspecified atom stereocenters. The van der Waals surface area contributed by atoms with Gasteiger partial charge in [0, 0.05) is 18.6 Å². The van der Waals surface area contributed by atoms with E-state index in [9.17, 15) is 0 Å². The molecule has 0 fully saturated rings. The first kappa shape index (κ1) is 16.9. The van der Waals surface area contributed by atoms with Crippen LogP contribution in [0.3, 0.4) is 0 Å². The SMILES string of the molecule is CCCCCC(C)(C)CNCC(C)(C)NCC. The molecule has 104 valence electrons. The predicted octanol–water partition coefficient (Wildman–Crippen LogP) is 3.57. The minimum atomic E-state index is 0.203. The summed E-state index contributed by atoms with van der Waals surface area (Å²) in [6.45, 7) is 16.9. The van der Waals surface area contributed by atoms with Gasteiger partial charge in [-0.1, -0.05) is 47.0 Å². The van der Waals surface area contributed by atoms with Gasteiger partial charge in [-0.25, -0.2) is 0 Å². The molecule has 0 aromatic carbocycles. The molecule has 0 saturated heterocycles. The van der Waals surface area contributed by atoms with Gasteiger partial charge in [0.25, 0.3) is 0 Å². The van der Waals surface area contributed by atoms with Gasteiger partial charge in [0.2, 0.25) is 0 Å². The molecule has 2 N–H and O–H groups in total. The lowest BCUT2D eigenvalue weighted by atomic mass is 9.86. The van der Waals surface area contributed by atoms with Crippen LogP contribution in [0, 0.1) is 5.41 Å². The van der Waals surface area contributed by atoms with E-state index in [1.54, 1.807) is 0 Å². The van der Waals surface area contributed by atoms with Crippen molar-refractivity contribution in [2.24, 2.45) is 5.41 Å². The summed E-state index contributed by atoms with van der Waals surface area (Å²) in [6, 6.07) is 0. The second kappa shape index (κ2) is 8.10. The van der Waals surface area contributed by atoms with E-state index in [1.165, 1.54) is 25.7 Å². The summed E-state index contributed by atoms with van der Waals surface area (Å²) in [5, 5.41) is 7.11. The molecule has 2 nitrogen and oxygen atoms in total. The topological polar surface area (TPSA) is 24.1 Å². The smallest absolute Gasteiger partial charge is 0.0249 e. The quantitative estimate of drug-likeness (QED) is 0.572. The Hall–Kier alpha value is -0.0800. The van der Waals surface area contributed by atoms with Crippen molar-refractivity contribution in [3.63, 3.8) is 0 Å². The summed E-state index contributed by atoms with van der Waals surface area (Å²) < 4.78 is 0. The normalized spacial score (nSPS) is 13.1. The standard InChI is InChI=1S/C15H34N2/c1-7-9-10-11-14(3,4)12-16-13-15(5,6)17-8-2/h16-17H,7-13H2,1-6H3. The number of likely N-dealkylation sites (N-methyl/N-ethyl adjacent to an activating group) is 1. The molecule has 0 saturated carbocycles. The van der Waals surface area contributed by atoms with E-state index in [-0.39, 0.29) is 5.54 Å². The molecular weight excluding hydrogens is 208 g/mol. The van der Waals surface area contributed by atoms with Crippen molar-refractivity contribution in [3.05, 3.63) is 0 Å². The fourth-order valence-corrected chi connectivity index (χ4v) is 2.20. The van der Waals surface area contributed by atoms with Gasteiger partial charge in [-0.3, -0.25) is 0 Å². The first-order valence-electron chi connectivity index (χ1n) is 7.29. The van der Waals surface area contributed by atoms with Crippen LogP contribution >= 0.6 is 0 Å². The highest BCUT2D eigenvalue weighted by molar-refractivity contribution is 4.81. The molecule has 0 amide bonds. The molecule has 0 rings (SSSR count). The van der Waals surface area contributed by atoms with Gasteiger partial charge in [-0.2, -0.15) is 0 Å². The van der Waals surface area contributed by atoms with Gasteiger partial charge in [-0.15, -0.1) is 0 Å². The maximum atomic E-state index is 3.62. The third-order valence-corrected chi connectivity index (χ3v) is 3.28. The summed E-state index contributed by atoms with van der Waals surface area (Å²) in [4.78, 5) is 0. The minimum Gasteiger partial charge on any atom is -0.314 e. The Balaban J connectivity index is 3.77. The Morgan fingerprint density at radius 3 is 2.06 bits per heavy atom. The maximum absolute atomic E-state index is 3.62. The van der Waals surface area contributed by atoms with Gasteiger partial charge in [0.05, 0.1) is 0 Å². The van der Waals surface area contributed by atoms with Gasteiger partial charge in [0.15, 0.2) is 0 Å². The lowest BCUT2D eigenvalue weighted by Crippen LogP contribution is -2.49. The maximum Gasteiger partial charge on any atom is 0.0249 e. The Labute approximate surface area is 109 Å². The summed E-state index contributed by atoms with van der Waals surface area (Å²) in [7, 11) is 0. The second-order valence-corrected chi connectivity index (χ2v) is 6.64. The zero-order valence-corrected chi connectivity index (χ0v) is 12.9. The Bertz CT molecular complexity index is 185. The van der Waals surface area contributed by atoms with Crippen molar-refractivity contribution in [2.75, 3.05) is 19.6 Å². The fourth-order valence-electron chi connectivity index (χ4n) is 2.20. The lowest BCUT2D eigenvalue weighted by Gasteiger charge is -2.30. The number of nitrogens with one attached hydrogen (secondary N) is 2. The molecular formula is C15H34N2. The molecule has 0 aromatic heterocycles. The van der Waals surface area contributed by atoms with E-state index in [4.69, 9.17) is 0 Å². The van der Waals surface area contributed by atoms with Crippen molar-refractivity contribution < 1.29 is 0 Å². The Morgan fingerprint density at radius 2 is 1.53 bits per heavy atom. The highest BCUT2D eigenvalue weighted by atomic mass is 15.0. The molecule has 0 aromatic rings. The summed E-state index contributed by atoms with van der Waals surface area (Å²) in [6.07, 6.45) is 5.38. The zero-order chi connectivity index (χ0) is 13.4. The van der Waals surface area contributed by atoms with Gasteiger partial charge < -0.3 is 10.6 Å². The van der Waals surface area contributed by atoms with E-state index in [0.717, 1.165) is 19.6 Å². The van der Waals surface area contributed by atoms with Crippen molar-refractivity contribution in [2.45, 2.75) is 72.8 Å². The van der Waals surface area contributed by atoms with Crippen molar-refractivity contribution in [1.82, 2.24) is 10.6 Å². The summed E-state index contributed by atoms with van der Waals surface area (Å²) >= 11 is 0. The van der Waals surface area contributed by atoms with Crippen LogP contribution in [0.4, 0.5) is 0 Å². The van der Waals surface area contributed by atoms with Crippen LogP contribution in [0.2, 0.25) is 0 Å². The summed E-state index contributed by atoms with van der Waals surface area (Å²) in [5.41, 5.74) is 0.631. The molecule has 0 radical (unpaired) electrons. The first-order valence-corrected chi connectivity index (χ1v) is 7.29. The summed E-state index contributed by atoms with van der Waals surface area (Å²) in [5.74, 6) is 0. The van der Waals surface area contributed by atoms with E-state index < -0.39 is 0 Å². The van der Waals surface area contributed by atoms with Crippen LogP contribution in [-0.4, -0.2) is 25.2 Å². The number of unbranched alkanes of at least 4 members (excludes halogenated alkanes) is 2. The molecule has 0 bridgehead atoms. The monoisotopic (exact) mass is 242 g/mol. The van der Waals surface area contributed by atoms with E-state index in [0.29, 0.717) is 5.41 Å². The van der Waals surface area contributed by atoms with Crippen LogP contribution in [0.5, 0.6) is 0 Å². The fraction of sp³-hybridized carbons (Fsp3) is 1.00. The molecule has 0 aliphatic rings. The van der Waals surface area contributed by atoms with E-state index in [1.807, 2.05) is 0 Å². The van der Waals surface area contributed by atoms with Crippen LogP contribution in [0.25, 0.3) is 0 Å². The molecule has 0 aliphatic heterocycles. The van der Waals surface area contributed by atoms with Gasteiger partial charge in [0.1, 0.15) is 0 Å².